The molecule has 23 heavy (non-hydrogen) atoms. The predicted octanol–water partition coefficient (Wildman–Crippen LogP) is 4.47. The number of hydrogen-bond donors (Lipinski definition) is 1. The molecule has 1 aromatic rings. The molecular formula is C20H30FNO. The van der Waals surface area contributed by atoms with Gasteiger partial charge in [-0.2, -0.15) is 0 Å². The molecule has 0 radical (unpaired) electrons. The molecule has 0 bridgehead atoms. The second kappa shape index (κ2) is 7.76. The van der Waals surface area contributed by atoms with Crippen molar-refractivity contribution in [3.8, 4) is 0 Å². The third-order valence-electron chi connectivity index (χ3n) is 5.88. The van der Waals surface area contributed by atoms with Crippen LogP contribution >= 0.6 is 0 Å². The van der Waals surface area contributed by atoms with Crippen molar-refractivity contribution in [3.05, 3.63) is 35.6 Å². The maximum absolute atomic E-state index is 13.3. The fraction of sp³-hybridized carbons (Fsp3) is 0.700. The Labute approximate surface area is 139 Å². The van der Waals surface area contributed by atoms with Crippen LogP contribution < -0.4 is 0 Å². The molecule has 2 nitrogen and oxygen atoms in total. The summed E-state index contributed by atoms with van der Waals surface area (Å²) in [6, 6.07) is 6.56. The lowest BCUT2D eigenvalue weighted by atomic mass is 9.71. The predicted molar refractivity (Wildman–Crippen MR) is 91.8 cm³/mol. The summed E-state index contributed by atoms with van der Waals surface area (Å²) in [7, 11) is 0. The molecule has 128 valence electrons. The number of piperidine rings is 1. The lowest BCUT2D eigenvalue weighted by Gasteiger charge is -2.40. The maximum Gasteiger partial charge on any atom is 0.123 e. The van der Waals surface area contributed by atoms with Gasteiger partial charge in [0, 0.05) is 6.54 Å². The monoisotopic (exact) mass is 319 g/mol. The Morgan fingerprint density at radius 3 is 2.22 bits per heavy atom. The zero-order valence-electron chi connectivity index (χ0n) is 14.1. The molecule has 0 amide bonds. The van der Waals surface area contributed by atoms with Crippen molar-refractivity contribution in [1.82, 2.24) is 4.90 Å². The molecule has 2 aliphatic rings. The van der Waals surface area contributed by atoms with Crippen molar-refractivity contribution in [2.75, 3.05) is 19.6 Å². The average Bonchev–Trinajstić information content (AvgIpc) is 2.62. The second-order valence-corrected chi connectivity index (χ2v) is 7.42. The van der Waals surface area contributed by atoms with Gasteiger partial charge in [0.1, 0.15) is 5.82 Å². The third-order valence-corrected chi connectivity index (χ3v) is 5.88. The number of nitrogens with zero attached hydrogens (tertiary/aromatic N) is 1. The Kier molecular flexibility index (Phi) is 5.71. The lowest BCUT2D eigenvalue weighted by Crippen LogP contribution is -2.41. The van der Waals surface area contributed by atoms with Gasteiger partial charge in [-0.3, -0.25) is 0 Å². The molecule has 1 aromatic carbocycles. The number of hydrogen-bond acceptors (Lipinski definition) is 2. The largest absolute Gasteiger partial charge is 0.385 e. The molecule has 1 aliphatic heterocycles. The first-order valence-electron chi connectivity index (χ1n) is 9.39. The van der Waals surface area contributed by atoms with E-state index in [1.165, 1.54) is 50.7 Å². The molecule has 2 fully saturated rings. The van der Waals surface area contributed by atoms with Crippen molar-refractivity contribution in [3.63, 3.8) is 0 Å². The van der Waals surface area contributed by atoms with Gasteiger partial charge in [0.2, 0.25) is 0 Å². The van der Waals surface area contributed by atoms with Crippen LogP contribution in [0.4, 0.5) is 4.39 Å². The van der Waals surface area contributed by atoms with Crippen molar-refractivity contribution in [1.29, 1.82) is 0 Å². The Hall–Kier alpha value is -0.930. The minimum atomic E-state index is -0.800. The van der Waals surface area contributed by atoms with E-state index in [2.05, 4.69) is 4.90 Å². The summed E-state index contributed by atoms with van der Waals surface area (Å²) in [5, 5.41) is 11.6. The van der Waals surface area contributed by atoms with Crippen molar-refractivity contribution in [2.45, 2.75) is 63.4 Å². The topological polar surface area (TPSA) is 23.5 Å². The molecule has 1 atom stereocenters. The van der Waals surface area contributed by atoms with Gasteiger partial charge in [-0.05, 0) is 68.8 Å². The molecule has 3 rings (SSSR count). The van der Waals surface area contributed by atoms with Crippen molar-refractivity contribution < 1.29 is 9.50 Å². The van der Waals surface area contributed by atoms with Gasteiger partial charge < -0.3 is 10.0 Å². The minimum Gasteiger partial charge on any atom is -0.385 e. The number of likely N-dealkylation sites (tertiary alicyclic amines) is 1. The van der Waals surface area contributed by atoms with Gasteiger partial charge in [0.25, 0.3) is 0 Å². The number of benzene rings is 1. The van der Waals surface area contributed by atoms with Gasteiger partial charge in [0.05, 0.1) is 5.60 Å². The molecule has 1 heterocycles. The van der Waals surface area contributed by atoms with Crippen LogP contribution in [0, 0.1) is 11.7 Å². The van der Waals surface area contributed by atoms with E-state index in [1.54, 1.807) is 12.1 Å². The highest BCUT2D eigenvalue weighted by molar-refractivity contribution is 5.24. The quantitative estimate of drug-likeness (QED) is 0.865. The van der Waals surface area contributed by atoms with E-state index in [-0.39, 0.29) is 5.82 Å². The van der Waals surface area contributed by atoms with E-state index in [0.29, 0.717) is 5.92 Å². The van der Waals surface area contributed by atoms with Gasteiger partial charge in [-0.1, -0.05) is 37.8 Å². The van der Waals surface area contributed by atoms with Crippen LogP contribution in [0.5, 0.6) is 0 Å². The van der Waals surface area contributed by atoms with Crippen LogP contribution in [-0.4, -0.2) is 29.6 Å². The van der Waals surface area contributed by atoms with Crippen LogP contribution in [0.1, 0.15) is 63.4 Å². The number of halogens is 1. The normalized spacial score (nSPS) is 23.6. The molecule has 3 heteroatoms. The SMILES string of the molecule is OC(CCN1CCCCC1)(c1ccc(F)cc1)C1CCCCC1. The zero-order chi connectivity index (χ0) is 16.1. The first-order chi connectivity index (χ1) is 11.2. The van der Waals surface area contributed by atoms with Gasteiger partial charge in [-0.15, -0.1) is 0 Å². The molecule has 1 unspecified atom stereocenters. The van der Waals surface area contributed by atoms with E-state index in [0.717, 1.165) is 44.5 Å². The van der Waals surface area contributed by atoms with E-state index < -0.39 is 5.60 Å². The lowest BCUT2D eigenvalue weighted by molar-refractivity contribution is -0.0529. The highest BCUT2D eigenvalue weighted by Crippen LogP contribution is 2.42. The summed E-state index contributed by atoms with van der Waals surface area (Å²) in [5.74, 6) is 0.0854. The number of rotatable bonds is 5. The van der Waals surface area contributed by atoms with Gasteiger partial charge in [0.15, 0.2) is 0 Å². The molecule has 1 saturated heterocycles. The standard InChI is InChI=1S/C20H30FNO/c21-19-11-9-18(10-12-19)20(23,17-7-3-1-4-8-17)13-16-22-14-5-2-6-15-22/h9-12,17,23H,1-8,13-16H2. The zero-order valence-corrected chi connectivity index (χ0v) is 14.1. The fourth-order valence-electron chi connectivity index (χ4n) is 4.41. The van der Waals surface area contributed by atoms with Crippen molar-refractivity contribution in [2.24, 2.45) is 5.92 Å². The summed E-state index contributed by atoms with van der Waals surface area (Å²) >= 11 is 0. The third kappa shape index (κ3) is 4.13. The van der Waals surface area contributed by atoms with Crippen LogP contribution in [0.25, 0.3) is 0 Å². The Morgan fingerprint density at radius 2 is 1.57 bits per heavy atom. The first kappa shape index (κ1) is 16.9. The smallest absolute Gasteiger partial charge is 0.123 e. The van der Waals surface area contributed by atoms with Crippen LogP contribution in [0.2, 0.25) is 0 Å². The second-order valence-electron chi connectivity index (χ2n) is 7.42. The molecule has 1 N–H and O–H groups in total. The minimum absolute atomic E-state index is 0.226. The highest BCUT2D eigenvalue weighted by Gasteiger charge is 2.39. The molecule has 1 saturated carbocycles. The molecule has 1 aliphatic carbocycles. The summed E-state index contributed by atoms with van der Waals surface area (Å²) in [5.41, 5.74) is 0.105. The summed E-state index contributed by atoms with van der Waals surface area (Å²) < 4.78 is 13.3. The van der Waals surface area contributed by atoms with Gasteiger partial charge >= 0.3 is 0 Å². The van der Waals surface area contributed by atoms with E-state index in [1.807, 2.05) is 0 Å². The summed E-state index contributed by atoms with van der Waals surface area (Å²) in [6.07, 6.45) is 10.5. The fourth-order valence-corrected chi connectivity index (χ4v) is 4.41. The number of aliphatic hydroxyl groups is 1. The Morgan fingerprint density at radius 1 is 0.957 bits per heavy atom. The van der Waals surface area contributed by atoms with Crippen LogP contribution in [-0.2, 0) is 5.60 Å². The van der Waals surface area contributed by atoms with Crippen LogP contribution in [0.3, 0.4) is 0 Å². The van der Waals surface area contributed by atoms with E-state index >= 15 is 0 Å². The molecule has 0 aromatic heterocycles. The summed E-state index contributed by atoms with van der Waals surface area (Å²) in [4.78, 5) is 2.49. The van der Waals surface area contributed by atoms with Gasteiger partial charge in [-0.25, -0.2) is 4.39 Å². The van der Waals surface area contributed by atoms with E-state index in [4.69, 9.17) is 0 Å². The molecule has 0 spiro atoms. The molecular weight excluding hydrogens is 289 g/mol. The first-order valence-corrected chi connectivity index (χ1v) is 9.39. The maximum atomic E-state index is 13.3. The Balaban J connectivity index is 1.75. The average molecular weight is 319 g/mol. The van der Waals surface area contributed by atoms with Crippen LogP contribution in [0.15, 0.2) is 24.3 Å². The highest BCUT2D eigenvalue weighted by atomic mass is 19.1. The van der Waals surface area contributed by atoms with Crippen molar-refractivity contribution >= 4 is 0 Å². The van der Waals surface area contributed by atoms with E-state index in [9.17, 15) is 9.50 Å². The Bertz CT molecular complexity index is 477. The summed E-state index contributed by atoms with van der Waals surface area (Å²) in [6.45, 7) is 3.26.